The van der Waals surface area contributed by atoms with Crippen molar-refractivity contribution in [2.45, 2.75) is 18.9 Å². The highest BCUT2D eigenvalue weighted by Crippen LogP contribution is 2.16. The zero-order valence-electron chi connectivity index (χ0n) is 6.62. The van der Waals surface area contributed by atoms with Gasteiger partial charge in [0.15, 0.2) is 0 Å². The van der Waals surface area contributed by atoms with E-state index in [4.69, 9.17) is 9.84 Å². The first-order valence-electron chi connectivity index (χ1n) is 3.71. The van der Waals surface area contributed by atoms with Crippen LogP contribution in [-0.4, -0.2) is 42.4 Å². The van der Waals surface area contributed by atoms with Gasteiger partial charge in [0.2, 0.25) is 0 Å². The number of carboxylic acid groups (broad SMARTS) is 1. The van der Waals surface area contributed by atoms with E-state index >= 15 is 0 Å². The molecular formula is C7H13NO3. The molecule has 0 bridgehead atoms. The van der Waals surface area contributed by atoms with Gasteiger partial charge < -0.3 is 9.84 Å². The Morgan fingerprint density at radius 1 is 1.82 bits per heavy atom. The van der Waals surface area contributed by atoms with Gasteiger partial charge in [-0.2, -0.15) is 0 Å². The van der Waals surface area contributed by atoms with Gasteiger partial charge in [0, 0.05) is 13.7 Å². The van der Waals surface area contributed by atoms with Crippen molar-refractivity contribution in [3.63, 3.8) is 0 Å². The van der Waals surface area contributed by atoms with Gasteiger partial charge in [-0.25, -0.2) is 0 Å². The minimum atomic E-state index is -0.737. The van der Waals surface area contributed by atoms with Gasteiger partial charge in [-0.05, 0) is 12.8 Å². The third-order valence-corrected chi connectivity index (χ3v) is 1.94. The summed E-state index contributed by atoms with van der Waals surface area (Å²) in [4.78, 5) is 12.4. The summed E-state index contributed by atoms with van der Waals surface area (Å²) in [5.41, 5.74) is 0. The van der Waals surface area contributed by atoms with Crippen LogP contribution in [0.15, 0.2) is 0 Å². The van der Waals surface area contributed by atoms with E-state index in [0.717, 1.165) is 19.4 Å². The number of rotatable bonds is 3. The number of nitrogens with zero attached hydrogens (tertiary/aromatic N) is 1. The lowest BCUT2D eigenvalue weighted by Crippen LogP contribution is -2.37. The van der Waals surface area contributed by atoms with Crippen LogP contribution in [0.2, 0.25) is 0 Å². The van der Waals surface area contributed by atoms with E-state index in [-0.39, 0.29) is 6.04 Å². The molecule has 64 valence electrons. The molecule has 1 rings (SSSR count). The minimum absolute atomic E-state index is 0.324. The molecule has 0 aromatic heterocycles. The van der Waals surface area contributed by atoms with Gasteiger partial charge in [-0.3, -0.25) is 9.69 Å². The number of hydrogen-bond acceptors (Lipinski definition) is 3. The van der Waals surface area contributed by atoms with Crippen LogP contribution >= 0.6 is 0 Å². The highest BCUT2D eigenvalue weighted by Gasteiger charge is 2.29. The van der Waals surface area contributed by atoms with Crippen LogP contribution < -0.4 is 0 Å². The maximum absolute atomic E-state index is 10.6. The van der Waals surface area contributed by atoms with Gasteiger partial charge in [0.05, 0.1) is 6.73 Å². The Bertz CT molecular complexity index is 149. The van der Waals surface area contributed by atoms with Crippen molar-refractivity contribution in [1.29, 1.82) is 0 Å². The molecule has 1 aliphatic rings. The van der Waals surface area contributed by atoms with Crippen molar-refractivity contribution in [1.82, 2.24) is 4.90 Å². The third-order valence-electron chi connectivity index (χ3n) is 1.94. The van der Waals surface area contributed by atoms with Gasteiger partial charge in [-0.15, -0.1) is 0 Å². The Balaban J connectivity index is 2.44. The minimum Gasteiger partial charge on any atom is -0.480 e. The topological polar surface area (TPSA) is 49.8 Å². The van der Waals surface area contributed by atoms with Gasteiger partial charge in [0.1, 0.15) is 6.04 Å². The molecular weight excluding hydrogens is 146 g/mol. The fourth-order valence-electron chi connectivity index (χ4n) is 1.43. The summed E-state index contributed by atoms with van der Waals surface area (Å²) < 4.78 is 4.87. The normalized spacial score (nSPS) is 25.7. The lowest BCUT2D eigenvalue weighted by atomic mass is 10.2. The monoisotopic (exact) mass is 159 g/mol. The molecule has 0 aromatic rings. The highest BCUT2D eigenvalue weighted by molar-refractivity contribution is 5.73. The zero-order chi connectivity index (χ0) is 8.27. The highest BCUT2D eigenvalue weighted by atomic mass is 16.5. The zero-order valence-corrected chi connectivity index (χ0v) is 6.62. The summed E-state index contributed by atoms with van der Waals surface area (Å²) in [6, 6.07) is -0.324. The number of hydrogen-bond donors (Lipinski definition) is 1. The number of carbonyl (C=O) groups is 1. The molecule has 11 heavy (non-hydrogen) atoms. The average Bonchev–Trinajstić information content (AvgIpc) is 2.36. The number of ether oxygens (including phenoxy) is 1. The van der Waals surface area contributed by atoms with Crippen molar-refractivity contribution in [2.24, 2.45) is 0 Å². The van der Waals surface area contributed by atoms with Crippen molar-refractivity contribution in [3.05, 3.63) is 0 Å². The van der Waals surface area contributed by atoms with E-state index in [1.54, 1.807) is 7.11 Å². The van der Waals surface area contributed by atoms with E-state index < -0.39 is 5.97 Å². The van der Waals surface area contributed by atoms with Crippen LogP contribution in [0, 0.1) is 0 Å². The molecule has 0 saturated carbocycles. The summed E-state index contributed by atoms with van der Waals surface area (Å²) in [7, 11) is 1.58. The van der Waals surface area contributed by atoms with Crippen molar-refractivity contribution >= 4 is 5.97 Å². The van der Waals surface area contributed by atoms with Crippen LogP contribution in [0.1, 0.15) is 12.8 Å². The molecule has 1 saturated heterocycles. The summed E-state index contributed by atoms with van der Waals surface area (Å²) in [6.45, 7) is 1.27. The number of likely N-dealkylation sites (tertiary alicyclic amines) is 1. The van der Waals surface area contributed by atoms with Crippen molar-refractivity contribution < 1.29 is 14.6 Å². The van der Waals surface area contributed by atoms with Gasteiger partial charge in [0.25, 0.3) is 0 Å². The molecule has 0 radical (unpaired) electrons. The predicted molar refractivity (Wildman–Crippen MR) is 39.2 cm³/mol. The first-order chi connectivity index (χ1) is 5.25. The van der Waals surface area contributed by atoms with Gasteiger partial charge in [-0.1, -0.05) is 0 Å². The second kappa shape index (κ2) is 3.69. The Hall–Kier alpha value is -0.610. The van der Waals surface area contributed by atoms with Crippen molar-refractivity contribution in [2.75, 3.05) is 20.4 Å². The lowest BCUT2D eigenvalue weighted by molar-refractivity contribution is -0.143. The molecule has 1 fully saturated rings. The standard InChI is InChI=1S/C7H13NO3/c1-11-5-8-4-2-3-6(8)7(9)10/h6H,2-5H2,1H3,(H,9,10)/t6-/m0/s1. The Kier molecular flexibility index (Phi) is 2.84. The first kappa shape index (κ1) is 8.49. The molecule has 0 aliphatic carbocycles. The van der Waals surface area contributed by atoms with Crippen LogP contribution in [0.25, 0.3) is 0 Å². The molecule has 1 heterocycles. The second-order valence-electron chi connectivity index (χ2n) is 2.73. The van der Waals surface area contributed by atoms with E-state index in [1.165, 1.54) is 0 Å². The maximum atomic E-state index is 10.6. The number of aliphatic carboxylic acids is 1. The van der Waals surface area contributed by atoms with Gasteiger partial charge >= 0.3 is 5.97 Å². The summed E-state index contributed by atoms with van der Waals surface area (Å²) in [6.07, 6.45) is 1.71. The molecule has 0 amide bonds. The molecule has 1 N–H and O–H groups in total. The molecule has 0 unspecified atom stereocenters. The van der Waals surface area contributed by atoms with Crippen LogP contribution in [0.5, 0.6) is 0 Å². The lowest BCUT2D eigenvalue weighted by Gasteiger charge is -2.19. The summed E-state index contributed by atoms with van der Waals surface area (Å²) in [5, 5.41) is 8.71. The molecule has 0 spiro atoms. The Labute approximate surface area is 65.8 Å². The molecule has 0 aromatic carbocycles. The fourth-order valence-corrected chi connectivity index (χ4v) is 1.43. The molecule has 4 nitrogen and oxygen atoms in total. The second-order valence-corrected chi connectivity index (χ2v) is 2.73. The SMILES string of the molecule is COCN1CCC[C@H]1C(=O)O. The molecule has 1 atom stereocenters. The fraction of sp³-hybridized carbons (Fsp3) is 0.857. The summed E-state index contributed by atoms with van der Waals surface area (Å²) >= 11 is 0. The predicted octanol–water partition coefficient (Wildman–Crippen LogP) is 0.139. The van der Waals surface area contributed by atoms with Crippen LogP contribution in [-0.2, 0) is 9.53 Å². The molecule has 1 aliphatic heterocycles. The largest absolute Gasteiger partial charge is 0.480 e. The number of carboxylic acids is 1. The smallest absolute Gasteiger partial charge is 0.320 e. The quantitative estimate of drug-likeness (QED) is 0.636. The Morgan fingerprint density at radius 3 is 3.09 bits per heavy atom. The summed E-state index contributed by atoms with van der Waals surface area (Å²) in [5.74, 6) is -0.737. The van der Waals surface area contributed by atoms with E-state index in [9.17, 15) is 4.79 Å². The van der Waals surface area contributed by atoms with Crippen LogP contribution in [0.3, 0.4) is 0 Å². The van der Waals surface area contributed by atoms with Crippen LogP contribution in [0.4, 0.5) is 0 Å². The van der Waals surface area contributed by atoms with Crippen molar-refractivity contribution in [3.8, 4) is 0 Å². The average molecular weight is 159 g/mol. The third kappa shape index (κ3) is 1.91. The van der Waals surface area contributed by atoms with E-state index in [1.807, 2.05) is 4.90 Å². The molecule has 4 heteroatoms. The maximum Gasteiger partial charge on any atom is 0.320 e. The van der Waals surface area contributed by atoms with E-state index in [0.29, 0.717) is 6.73 Å². The first-order valence-corrected chi connectivity index (χ1v) is 3.71. The van der Waals surface area contributed by atoms with E-state index in [2.05, 4.69) is 0 Å². The Morgan fingerprint density at radius 2 is 2.55 bits per heavy atom. The number of methoxy groups -OCH3 is 1.